The van der Waals surface area contributed by atoms with Crippen molar-refractivity contribution in [1.82, 2.24) is 0 Å². The molecule has 1 N–H and O–H groups in total. The van der Waals surface area contributed by atoms with E-state index in [2.05, 4.69) is 0 Å². The third-order valence-electron chi connectivity index (χ3n) is 2.30. The van der Waals surface area contributed by atoms with Crippen molar-refractivity contribution in [1.29, 1.82) is 0 Å². The second kappa shape index (κ2) is 3.88. The summed E-state index contributed by atoms with van der Waals surface area (Å²) in [4.78, 5) is 0. The van der Waals surface area contributed by atoms with Gasteiger partial charge >= 0.3 is 0 Å². The first-order valence-electron chi connectivity index (χ1n) is 4.89. The first-order valence-corrected chi connectivity index (χ1v) is 4.89. The van der Waals surface area contributed by atoms with E-state index in [4.69, 9.17) is 9.47 Å². The molecule has 76 valence electrons. The van der Waals surface area contributed by atoms with E-state index in [9.17, 15) is 5.11 Å². The molecule has 3 heteroatoms. The van der Waals surface area contributed by atoms with E-state index in [0.29, 0.717) is 19.6 Å². The molecule has 0 bridgehead atoms. The van der Waals surface area contributed by atoms with Gasteiger partial charge < -0.3 is 14.6 Å². The molecular formula is C11H14O3. The Morgan fingerprint density at radius 1 is 1.57 bits per heavy atom. The normalized spacial score (nSPS) is 19.7. The van der Waals surface area contributed by atoms with Crippen LogP contribution in [-0.4, -0.2) is 18.3 Å². The largest absolute Gasteiger partial charge is 0.494 e. The molecule has 14 heavy (non-hydrogen) atoms. The van der Waals surface area contributed by atoms with Crippen LogP contribution in [0.25, 0.3) is 0 Å². The molecule has 0 saturated carbocycles. The van der Waals surface area contributed by atoms with Crippen LogP contribution < -0.4 is 9.47 Å². The Balaban J connectivity index is 2.29. The van der Waals surface area contributed by atoms with Crippen LogP contribution in [0.4, 0.5) is 0 Å². The van der Waals surface area contributed by atoms with Gasteiger partial charge in [0.05, 0.1) is 19.3 Å². The Morgan fingerprint density at radius 3 is 3.21 bits per heavy atom. The van der Waals surface area contributed by atoms with E-state index < -0.39 is 6.10 Å². The summed E-state index contributed by atoms with van der Waals surface area (Å²) < 4.78 is 10.8. The second-order valence-corrected chi connectivity index (χ2v) is 3.29. The van der Waals surface area contributed by atoms with Gasteiger partial charge in [-0.25, -0.2) is 0 Å². The van der Waals surface area contributed by atoms with Crippen molar-refractivity contribution in [2.24, 2.45) is 0 Å². The molecule has 1 unspecified atom stereocenters. The fourth-order valence-electron chi connectivity index (χ4n) is 1.61. The molecule has 3 nitrogen and oxygen atoms in total. The van der Waals surface area contributed by atoms with Gasteiger partial charge in [0.1, 0.15) is 11.5 Å². The zero-order chi connectivity index (χ0) is 9.97. The van der Waals surface area contributed by atoms with Crippen LogP contribution in [0.3, 0.4) is 0 Å². The van der Waals surface area contributed by atoms with Gasteiger partial charge in [0.15, 0.2) is 0 Å². The van der Waals surface area contributed by atoms with Crippen LogP contribution in [0.1, 0.15) is 25.0 Å². The van der Waals surface area contributed by atoms with Gasteiger partial charge in [-0.1, -0.05) is 0 Å². The van der Waals surface area contributed by atoms with E-state index in [0.717, 1.165) is 17.1 Å². The highest BCUT2D eigenvalue weighted by atomic mass is 16.5. The zero-order valence-electron chi connectivity index (χ0n) is 8.19. The van der Waals surface area contributed by atoms with E-state index in [1.165, 1.54) is 0 Å². The summed E-state index contributed by atoms with van der Waals surface area (Å²) in [5, 5.41) is 9.66. The fourth-order valence-corrected chi connectivity index (χ4v) is 1.61. The van der Waals surface area contributed by atoms with Gasteiger partial charge in [0.2, 0.25) is 0 Å². The molecule has 1 aliphatic rings. The van der Waals surface area contributed by atoms with Crippen molar-refractivity contribution < 1.29 is 14.6 Å². The molecule has 0 amide bonds. The molecule has 1 aromatic carbocycles. The summed E-state index contributed by atoms with van der Waals surface area (Å²) >= 11 is 0. The maximum absolute atomic E-state index is 9.66. The van der Waals surface area contributed by atoms with Gasteiger partial charge in [-0.15, -0.1) is 0 Å². The predicted molar refractivity (Wildman–Crippen MR) is 52.7 cm³/mol. The lowest BCUT2D eigenvalue weighted by Crippen LogP contribution is -2.13. The lowest BCUT2D eigenvalue weighted by atomic mass is 10.0. The molecule has 0 saturated heterocycles. The lowest BCUT2D eigenvalue weighted by molar-refractivity contribution is 0.115. The number of benzene rings is 1. The molecule has 0 radical (unpaired) electrons. The Bertz CT molecular complexity index is 322. The molecule has 0 spiro atoms. The number of fused-ring (bicyclic) bond motifs is 1. The van der Waals surface area contributed by atoms with Crippen molar-refractivity contribution in [3.63, 3.8) is 0 Å². The Labute approximate surface area is 83.3 Å². The summed E-state index contributed by atoms with van der Waals surface area (Å²) in [6.45, 7) is 3.15. The Morgan fingerprint density at radius 2 is 2.43 bits per heavy atom. The van der Waals surface area contributed by atoms with E-state index >= 15 is 0 Å². The summed E-state index contributed by atoms with van der Waals surface area (Å²) in [6, 6.07) is 5.56. The summed E-state index contributed by atoms with van der Waals surface area (Å²) in [5.74, 6) is 1.54. The summed E-state index contributed by atoms with van der Waals surface area (Å²) in [6.07, 6.45) is 0.274. The third kappa shape index (κ3) is 1.68. The van der Waals surface area contributed by atoms with Crippen molar-refractivity contribution in [2.45, 2.75) is 19.4 Å². The first-order chi connectivity index (χ1) is 6.81. The first kappa shape index (κ1) is 9.34. The maximum Gasteiger partial charge on any atom is 0.128 e. The number of hydrogen-bond acceptors (Lipinski definition) is 3. The lowest BCUT2D eigenvalue weighted by Gasteiger charge is -2.22. The number of aliphatic hydroxyl groups excluding tert-OH is 1. The third-order valence-corrected chi connectivity index (χ3v) is 2.30. The maximum atomic E-state index is 9.66. The standard InChI is InChI=1S/C11H14O3/c1-2-13-8-3-4-9-10(12)5-6-14-11(9)7-8/h3-4,7,10,12H,2,5-6H2,1H3. The van der Waals surface area contributed by atoms with Crippen LogP contribution >= 0.6 is 0 Å². The average molecular weight is 194 g/mol. The molecule has 0 fully saturated rings. The molecule has 0 aliphatic carbocycles. The predicted octanol–water partition coefficient (Wildman–Crippen LogP) is 1.90. The van der Waals surface area contributed by atoms with Gasteiger partial charge in [-0.2, -0.15) is 0 Å². The van der Waals surface area contributed by atoms with Crippen molar-refractivity contribution >= 4 is 0 Å². The van der Waals surface area contributed by atoms with Gasteiger partial charge in [0.25, 0.3) is 0 Å². The van der Waals surface area contributed by atoms with Crippen LogP contribution in [0, 0.1) is 0 Å². The van der Waals surface area contributed by atoms with Crippen molar-refractivity contribution in [3.8, 4) is 11.5 Å². The van der Waals surface area contributed by atoms with Crippen LogP contribution in [0.5, 0.6) is 11.5 Å². The molecule has 1 heterocycles. The SMILES string of the molecule is CCOc1ccc2c(c1)OCCC2O. The van der Waals surface area contributed by atoms with E-state index in [-0.39, 0.29) is 0 Å². The molecule has 2 rings (SSSR count). The smallest absolute Gasteiger partial charge is 0.128 e. The number of hydrogen-bond donors (Lipinski definition) is 1. The van der Waals surface area contributed by atoms with Crippen LogP contribution in [0.2, 0.25) is 0 Å². The van der Waals surface area contributed by atoms with Gasteiger partial charge in [0, 0.05) is 18.1 Å². The minimum atomic E-state index is -0.394. The van der Waals surface area contributed by atoms with Crippen molar-refractivity contribution in [2.75, 3.05) is 13.2 Å². The van der Waals surface area contributed by atoms with Gasteiger partial charge in [-0.3, -0.25) is 0 Å². The van der Waals surface area contributed by atoms with E-state index in [1.807, 2.05) is 25.1 Å². The molecular weight excluding hydrogens is 180 g/mol. The highest BCUT2D eigenvalue weighted by Gasteiger charge is 2.19. The quantitative estimate of drug-likeness (QED) is 0.781. The Hall–Kier alpha value is -1.22. The fraction of sp³-hybridized carbons (Fsp3) is 0.455. The summed E-state index contributed by atoms with van der Waals surface area (Å²) in [5.41, 5.74) is 0.861. The molecule has 1 aromatic rings. The topological polar surface area (TPSA) is 38.7 Å². The highest BCUT2D eigenvalue weighted by Crippen LogP contribution is 2.34. The van der Waals surface area contributed by atoms with Crippen molar-refractivity contribution in [3.05, 3.63) is 23.8 Å². The molecule has 0 aromatic heterocycles. The average Bonchev–Trinajstić information content (AvgIpc) is 2.18. The Kier molecular flexibility index (Phi) is 2.59. The highest BCUT2D eigenvalue weighted by molar-refractivity contribution is 5.42. The van der Waals surface area contributed by atoms with Gasteiger partial charge in [-0.05, 0) is 19.1 Å². The van der Waals surface area contributed by atoms with Crippen LogP contribution in [-0.2, 0) is 0 Å². The van der Waals surface area contributed by atoms with E-state index in [1.54, 1.807) is 0 Å². The number of rotatable bonds is 2. The van der Waals surface area contributed by atoms with Crippen LogP contribution in [0.15, 0.2) is 18.2 Å². The zero-order valence-corrected chi connectivity index (χ0v) is 8.19. The molecule has 1 atom stereocenters. The monoisotopic (exact) mass is 194 g/mol. The molecule has 1 aliphatic heterocycles. The minimum Gasteiger partial charge on any atom is -0.494 e. The number of ether oxygens (including phenoxy) is 2. The summed E-state index contributed by atoms with van der Waals surface area (Å²) in [7, 11) is 0. The minimum absolute atomic E-state index is 0.394. The second-order valence-electron chi connectivity index (χ2n) is 3.29. The number of aliphatic hydroxyl groups is 1.